The minimum atomic E-state index is -0.550. The Bertz CT molecular complexity index is 536. The van der Waals surface area contributed by atoms with Gasteiger partial charge in [0.25, 0.3) is 5.69 Å². The lowest BCUT2D eigenvalue weighted by Gasteiger charge is -2.32. The van der Waals surface area contributed by atoms with Crippen molar-refractivity contribution in [3.8, 4) is 6.07 Å². The molecule has 0 heterocycles. The van der Waals surface area contributed by atoms with Crippen LogP contribution in [0, 0.1) is 27.4 Å². The lowest BCUT2D eigenvalue weighted by atomic mass is 9.90. The highest BCUT2D eigenvalue weighted by Gasteiger charge is 2.24. The molecule has 1 atom stereocenters. The van der Waals surface area contributed by atoms with Crippen molar-refractivity contribution in [2.24, 2.45) is 11.7 Å². The summed E-state index contributed by atoms with van der Waals surface area (Å²) in [5, 5.41) is 23.1. The Morgan fingerprint density at radius 3 is 2.65 bits per heavy atom. The molecule has 0 amide bonds. The lowest BCUT2D eigenvalue weighted by molar-refractivity contribution is -0.385. The highest BCUT2D eigenvalue weighted by Crippen LogP contribution is 2.26. The smallest absolute Gasteiger partial charge is 0.289 e. The van der Waals surface area contributed by atoms with Gasteiger partial charge in [0.15, 0.2) is 0 Å². The molecule has 6 heteroatoms. The van der Waals surface area contributed by atoms with Gasteiger partial charge in [-0.3, -0.25) is 10.1 Å². The number of nitro groups is 1. The van der Waals surface area contributed by atoms with Crippen molar-refractivity contribution in [3.63, 3.8) is 0 Å². The Hall–Kier alpha value is -2.13. The van der Waals surface area contributed by atoms with E-state index in [-0.39, 0.29) is 16.8 Å². The second-order valence-corrected chi connectivity index (χ2v) is 5.59. The number of nitrogens with two attached hydrogens (primary N) is 1. The third-order valence-electron chi connectivity index (χ3n) is 3.07. The van der Waals surface area contributed by atoms with Gasteiger partial charge in [0, 0.05) is 23.8 Å². The second-order valence-electron chi connectivity index (χ2n) is 5.59. The number of hydrogen-bond donors (Lipinski definition) is 2. The molecule has 3 N–H and O–H groups in total. The van der Waals surface area contributed by atoms with E-state index in [4.69, 9.17) is 11.0 Å². The van der Waals surface area contributed by atoms with Crippen LogP contribution in [0.25, 0.3) is 0 Å². The second kappa shape index (κ2) is 6.35. The predicted molar refractivity (Wildman–Crippen MR) is 78.3 cm³/mol. The standard InChI is InChI=1S/C14H20N4O2/c1-10(2)7-14(3,9-16)17-12-5-4-11(8-15)13(6-12)18(19)20/h4-6,10,17H,7,9,16H2,1-3H3. The maximum atomic E-state index is 10.9. The zero-order valence-electron chi connectivity index (χ0n) is 12.0. The summed E-state index contributed by atoms with van der Waals surface area (Å²) in [6.07, 6.45) is 0.845. The van der Waals surface area contributed by atoms with Crippen molar-refractivity contribution in [2.75, 3.05) is 11.9 Å². The first-order chi connectivity index (χ1) is 9.31. The van der Waals surface area contributed by atoms with Gasteiger partial charge in [-0.25, -0.2) is 0 Å². The number of nitriles is 1. The summed E-state index contributed by atoms with van der Waals surface area (Å²) < 4.78 is 0. The monoisotopic (exact) mass is 276 g/mol. The van der Waals surface area contributed by atoms with Gasteiger partial charge >= 0.3 is 0 Å². The van der Waals surface area contributed by atoms with Gasteiger partial charge in [0.1, 0.15) is 11.6 Å². The summed E-state index contributed by atoms with van der Waals surface area (Å²) in [4.78, 5) is 10.4. The average Bonchev–Trinajstić information content (AvgIpc) is 2.37. The molecule has 0 aromatic heterocycles. The van der Waals surface area contributed by atoms with E-state index in [0.29, 0.717) is 18.2 Å². The van der Waals surface area contributed by atoms with E-state index in [1.165, 1.54) is 12.1 Å². The number of hydrogen-bond acceptors (Lipinski definition) is 5. The number of benzene rings is 1. The van der Waals surface area contributed by atoms with Gasteiger partial charge in [-0.1, -0.05) is 13.8 Å². The van der Waals surface area contributed by atoms with E-state index in [2.05, 4.69) is 19.2 Å². The molecule has 20 heavy (non-hydrogen) atoms. The number of rotatable bonds is 6. The number of nitro benzene ring substituents is 1. The van der Waals surface area contributed by atoms with Crippen LogP contribution in [0.3, 0.4) is 0 Å². The molecule has 0 saturated heterocycles. The van der Waals surface area contributed by atoms with Gasteiger partial charge in [0.05, 0.1) is 4.92 Å². The van der Waals surface area contributed by atoms with Crippen molar-refractivity contribution in [2.45, 2.75) is 32.7 Å². The normalized spacial score (nSPS) is 13.6. The molecule has 108 valence electrons. The van der Waals surface area contributed by atoms with E-state index in [9.17, 15) is 10.1 Å². The van der Waals surface area contributed by atoms with Crippen LogP contribution in [-0.4, -0.2) is 17.0 Å². The van der Waals surface area contributed by atoms with Crippen molar-refractivity contribution in [3.05, 3.63) is 33.9 Å². The zero-order chi connectivity index (χ0) is 15.3. The molecule has 0 saturated carbocycles. The average molecular weight is 276 g/mol. The van der Waals surface area contributed by atoms with E-state index in [0.717, 1.165) is 6.42 Å². The first-order valence-corrected chi connectivity index (χ1v) is 6.48. The molecular formula is C14H20N4O2. The topological polar surface area (TPSA) is 105 Å². The van der Waals surface area contributed by atoms with Crippen molar-refractivity contribution < 1.29 is 4.92 Å². The van der Waals surface area contributed by atoms with Crippen LogP contribution >= 0.6 is 0 Å². The summed E-state index contributed by atoms with van der Waals surface area (Å²) in [5.41, 5.74) is 5.93. The Labute approximate surface area is 118 Å². The minimum Gasteiger partial charge on any atom is -0.378 e. The van der Waals surface area contributed by atoms with Crippen LogP contribution in [0.4, 0.5) is 11.4 Å². The van der Waals surface area contributed by atoms with E-state index in [1.807, 2.05) is 13.0 Å². The molecule has 1 rings (SSSR count). The third-order valence-corrected chi connectivity index (χ3v) is 3.07. The molecule has 0 radical (unpaired) electrons. The van der Waals surface area contributed by atoms with Gasteiger partial charge in [-0.2, -0.15) is 5.26 Å². The van der Waals surface area contributed by atoms with Crippen LogP contribution in [0.15, 0.2) is 18.2 Å². The number of nitrogens with one attached hydrogen (secondary N) is 1. The first kappa shape index (κ1) is 15.9. The van der Waals surface area contributed by atoms with Crippen molar-refractivity contribution >= 4 is 11.4 Å². The highest BCUT2D eigenvalue weighted by atomic mass is 16.6. The SMILES string of the molecule is CC(C)CC(C)(CN)Nc1ccc(C#N)c([N+](=O)[O-])c1. The summed E-state index contributed by atoms with van der Waals surface area (Å²) in [6.45, 7) is 6.59. The molecule has 6 nitrogen and oxygen atoms in total. The van der Waals surface area contributed by atoms with Crippen LogP contribution in [-0.2, 0) is 0 Å². The maximum Gasteiger partial charge on any atom is 0.289 e. The van der Waals surface area contributed by atoms with Crippen LogP contribution in [0.5, 0.6) is 0 Å². The Morgan fingerprint density at radius 1 is 1.55 bits per heavy atom. The Morgan fingerprint density at radius 2 is 2.20 bits per heavy atom. The molecular weight excluding hydrogens is 256 g/mol. The molecule has 1 aromatic carbocycles. The van der Waals surface area contributed by atoms with Crippen molar-refractivity contribution in [1.29, 1.82) is 5.26 Å². The Balaban J connectivity index is 3.06. The third kappa shape index (κ3) is 3.93. The number of nitrogens with zero attached hydrogens (tertiary/aromatic N) is 2. The summed E-state index contributed by atoms with van der Waals surface area (Å²) in [7, 11) is 0. The minimum absolute atomic E-state index is 0.0545. The van der Waals surface area contributed by atoms with E-state index < -0.39 is 4.92 Å². The largest absolute Gasteiger partial charge is 0.378 e. The quantitative estimate of drug-likeness (QED) is 0.613. The van der Waals surface area contributed by atoms with Crippen LogP contribution < -0.4 is 11.1 Å². The molecule has 1 unspecified atom stereocenters. The Kier molecular flexibility index (Phi) is 5.06. The predicted octanol–water partition coefficient (Wildman–Crippen LogP) is 2.64. The summed E-state index contributed by atoms with van der Waals surface area (Å²) >= 11 is 0. The highest BCUT2D eigenvalue weighted by molar-refractivity contribution is 5.59. The van der Waals surface area contributed by atoms with Crippen LogP contribution in [0.2, 0.25) is 0 Å². The molecule has 0 aliphatic rings. The van der Waals surface area contributed by atoms with Gasteiger partial charge < -0.3 is 11.1 Å². The fraction of sp³-hybridized carbons (Fsp3) is 0.500. The maximum absolute atomic E-state index is 10.9. The molecule has 0 aliphatic carbocycles. The zero-order valence-corrected chi connectivity index (χ0v) is 12.0. The fourth-order valence-electron chi connectivity index (χ4n) is 2.29. The van der Waals surface area contributed by atoms with Gasteiger partial charge in [-0.05, 0) is 31.4 Å². The molecule has 0 fully saturated rings. The van der Waals surface area contributed by atoms with Gasteiger partial charge in [-0.15, -0.1) is 0 Å². The summed E-state index contributed by atoms with van der Waals surface area (Å²) in [5.74, 6) is 0.449. The molecule has 0 bridgehead atoms. The van der Waals surface area contributed by atoms with E-state index >= 15 is 0 Å². The van der Waals surface area contributed by atoms with Crippen LogP contribution in [0.1, 0.15) is 32.8 Å². The fourth-order valence-corrected chi connectivity index (χ4v) is 2.29. The number of anilines is 1. The molecule has 0 spiro atoms. The summed E-state index contributed by atoms with van der Waals surface area (Å²) in [6, 6.07) is 6.32. The first-order valence-electron chi connectivity index (χ1n) is 6.48. The van der Waals surface area contributed by atoms with E-state index in [1.54, 1.807) is 6.07 Å². The molecule has 0 aliphatic heterocycles. The lowest BCUT2D eigenvalue weighted by Crippen LogP contribution is -2.43. The van der Waals surface area contributed by atoms with Gasteiger partial charge in [0.2, 0.25) is 0 Å². The van der Waals surface area contributed by atoms with Crippen molar-refractivity contribution in [1.82, 2.24) is 0 Å². The molecule has 1 aromatic rings.